The fourth-order valence-electron chi connectivity index (χ4n) is 2.57. The fraction of sp³-hybridized carbons (Fsp3) is 0.733. The first-order valence-electron chi connectivity index (χ1n) is 7.47. The van der Waals surface area contributed by atoms with E-state index in [4.69, 9.17) is 11.2 Å². The lowest BCUT2D eigenvalue weighted by Gasteiger charge is -2.33. The summed E-state index contributed by atoms with van der Waals surface area (Å²) in [7, 11) is 0. The molecule has 2 aliphatic rings. The average Bonchev–Trinajstić information content (AvgIpc) is 3.30. The molecule has 0 aromatic heterocycles. The molecule has 2 aliphatic heterocycles. The molecule has 2 N–H and O–H groups in total. The highest BCUT2D eigenvalue weighted by Gasteiger charge is 2.41. The van der Waals surface area contributed by atoms with Crippen molar-refractivity contribution in [3.8, 4) is 12.3 Å². The molecule has 0 spiro atoms. The van der Waals surface area contributed by atoms with Crippen molar-refractivity contribution in [1.82, 2.24) is 5.32 Å². The maximum Gasteiger partial charge on any atom is 0.311 e. The summed E-state index contributed by atoms with van der Waals surface area (Å²) in [6.07, 6.45) is 8.07. The number of hydrogen-bond donors (Lipinski definition) is 2. The van der Waals surface area contributed by atoms with E-state index in [1.54, 1.807) is 0 Å². The van der Waals surface area contributed by atoms with Crippen molar-refractivity contribution in [1.29, 1.82) is 0 Å². The van der Waals surface area contributed by atoms with Crippen LogP contribution in [0, 0.1) is 17.8 Å². The van der Waals surface area contributed by atoms with E-state index >= 15 is 0 Å². The molecule has 1 fully saturated rings. The van der Waals surface area contributed by atoms with E-state index in [0.29, 0.717) is 45.3 Å². The van der Waals surface area contributed by atoms with Crippen LogP contribution < -0.4 is 5.32 Å². The summed E-state index contributed by atoms with van der Waals surface area (Å²) < 4.78 is 5.20. The molecule has 0 atom stereocenters. The zero-order chi connectivity index (χ0) is 16.1. The number of hydrogen-bond acceptors (Lipinski definition) is 5. The van der Waals surface area contributed by atoms with Crippen LogP contribution in [0.1, 0.15) is 38.5 Å². The largest absolute Gasteiger partial charge is 0.481 e. The lowest BCUT2D eigenvalue weighted by molar-refractivity contribution is -0.154. The third-order valence-corrected chi connectivity index (χ3v) is 4.33. The number of nitrogens with zero attached hydrogens (tertiary/aromatic N) is 2. The normalized spacial score (nSPS) is 20.9. The van der Waals surface area contributed by atoms with E-state index in [1.165, 1.54) is 0 Å². The first-order chi connectivity index (χ1) is 10.5. The molecule has 0 bridgehead atoms. The zero-order valence-corrected chi connectivity index (χ0v) is 12.5. The van der Waals surface area contributed by atoms with Crippen molar-refractivity contribution >= 4 is 11.9 Å². The number of carbonyl (C=O) groups is 2. The zero-order valence-electron chi connectivity index (χ0n) is 12.5. The van der Waals surface area contributed by atoms with Crippen molar-refractivity contribution in [3.63, 3.8) is 0 Å². The minimum absolute atomic E-state index is 0.135. The van der Waals surface area contributed by atoms with E-state index in [1.807, 2.05) is 0 Å². The van der Waals surface area contributed by atoms with Gasteiger partial charge in [0.1, 0.15) is 0 Å². The van der Waals surface area contributed by atoms with Crippen molar-refractivity contribution in [2.75, 3.05) is 19.8 Å². The molecule has 22 heavy (non-hydrogen) atoms. The monoisotopic (exact) mass is 307 g/mol. The number of terminal acetylenes is 1. The Hall–Kier alpha value is -1.94. The number of carbonyl (C=O) groups excluding carboxylic acids is 1. The van der Waals surface area contributed by atoms with Crippen LogP contribution in [0.5, 0.6) is 0 Å². The van der Waals surface area contributed by atoms with E-state index in [2.05, 4.69) is 21.5 Å². The molecule has 1 saturated heterocycles. The summed E-state index contributed by atoms with van der Waals surface area (Å²) in [5.74, 6) is 1.48. The standard InChI is InChI=1S/C15H21N3O4/c1-2-3-5-15(17-18-15)6-4-12(19)16-11-14(13(20)21)7-9-22-10-8-14/h1H,3-11H2,(H,16,19)(H,20,21). The fourth-order valence-corrected chi connectivity index (χ4v) is 2.57. The summed E-state index contributed by atoms with van der Waals surface area (Å²) in [5.41, 5.74) is -1.39. The molecular weight excluding hydrogens is 286 g/mol. The summed E-state index contributed by atoms with van der Waals surface area (Å²) in [5, 5.41) is 20.1. The van der Waals surface area contributed by atoms with Crippen LogP contribution in [0.4, 0.5) is 0 Å². The number of ether oxygens (including phenoxy) is 1. The quantitative estimate of drug-likeness (QED) is 0.661. The summed E-state index contributed by atoms with van der Waals surface area (Å²) in [6.45, 7) is 0.959. The van der Waals surface area contributed by atoms with Crippen molar-refractivity contribution in [2.45, 2.75) is 44.2 Å². The van der Waals surface area contributed by atoms with Gasteiger partial charge in [-0.1, -0.05) is 0 Å². The molecule has 0 aliphatic carbocycles. The maximum atomic E-state index is 11.9. The Morgan fingerprint density at radius 2 is 1.95 bits per heavy atom. The van der Waals surface area contributed by atoms with Crippen LogP contribution in [0.25, 0.3) is 0 Å². The first kappa shape index (κ1) is 16.4. The van der Waals surface area contributed by atoms with Crippen LogP contribution >= 0.6 is 0 Å². The van der Waals surface area contributed by atoms with Gasteiger partial charge < -0.3 is 15.2 Å². The highest BCUT2D eigenvalue weighted by atomic mass is 16.5. The van der Waals surface area contributed by atoms with Crippen LogP contribution in [0.2, 0.25) is 0 Å². The number of amides is 1. The molecule has 0 aromatic rings. The lowest BCUT2D eigenvalue weighted by atomic mass is 9.80. The second kappa shape index (κ2) is 6.88. The predicted octanol–water partition coefficient (Wildman–Crippen LogP) is 1.34. The topological polar surface area (TPSA) is 100 Å². The number of carboxylic acids is 1. The maximum absolute atomic E-state index is 11.9. The van der Waals surface area contributed by atoms with E-state index in [0.717, 1.165) is 0 Å². The first-order valence-corrected chi connectivity index (χ1v) is 7.47. The Bertz CT molecular complexity index is 497. The van der Waals surface area contributed by atoms with Crippen LogP contribution in [-0.2, 0) is 14.3 Å². The summed E-state index contributed by atoms with van der Waals surface area (Å²) >= 11 is 0. The molecule has 0 unspecified atom stereocenters. The van der Waals surface area contributed by atoms with Crippen molar-refractivity contribution < 1.29 is 19.4 Å². The van der Waals surface area contributed by atoms with Crippen LogP contribution in [0.15, 0.2) is 10.2 Å². The number of nitrogens with one attached hydrogen (secondary N) is 1. The Balaban J connectivity index is 1.75. The van der Waals surface area contributed by atoms with Crippen molar-refractivity contribution in [2.24, 2.45) is 15.6 Å². The van der Waals surface area contributed by atoms with Gasteiger partial charge in [-0.15, -0.1) is 12.3 Å². The summed E-state index contributed by atoms with van der Waals surface area (Å²) in [4.78, 5) is 23.4. The van der Waals surface area contributed by atoms with Gasteiger partial charge in [0.15, 0.2) is 5.66 Å². The van der Waals surface area contributed by atoms with Gasteiger partial charge in [0.25, 0.3) is 0 Å². The molecular formula is C15H21N3O4. The van der Waals surface area contributed by atoms with Gasteiger partial charge in [0.05, 0.1) is 5.41 Å². The molecule has 1 amide bonds. The van der Waals surface area contributed by atoms with Gasteiger partial charge in [0, 0.05) is 45.4 Å². The van der Waals surface area contributed by atoms with Gasteiger partial charge in [-0.2, -0.15) is 10.2 Å². The molecule has 2 heterocycles. The van der Waals surface area contributed by atoms with E-state index < -0.39 is 17.0 Å². The highest BCUT2D eigenvalue weighted by Crippen LogP contribution is 2.37. The number of rotatable bonds is 8. The van der Waals surface area contributed by atoms with Gasteiger partial charge in [-0.05, 0) is 12.8 Å². The average molecular weight is 307 g/mol. The molecule has 2 rings (SSSR count). The van der Waals surface area contributed by atoms with Crippen molar-refractivity contribution in [3.05, 3.63) is 0 Å². The third-order valence-electron chi connectivity index (χ3n) is 4.33. The minimum atomic E-state index is -0.913. The Morgan fingerprint density at radius 1 is 1.27 bits per heavy atom. The Labute approximate surface area is 129 Å². The van der Waals surface area contributed by atoms with Crippen LogP contribution in [0.3, 0.4) is 0 Å². The second-order valence-electron chi connectivity index (χ2n) is 5.86. The predicted molar refractivity (Wildman–Crippen MR) is 78.0 cm³/mol. The SMILES string of the molecule is C#CCCC1(CCC(=O)NCC2(C(=O)O)CCOCC2)N=N1. The molecule has 7 nitrogen and oxygen atoms in total. The van der Waals surface area contributed by atoms with E-state index in [9.17, 15) is 14.7 Å². The van der Waals surface area contributed by atoms with Gasteiger partial charge >= 0.3 is 5.97 Å². The number of carboxylic acid groups (broad SMARTS) is 1. The highest BCUT2D eigenvalue weighted by molar-refractivity contribution is 5.79. The van der Waals surface area contributed by atoms with Crippen LogP contribution in [-0.4, -0.2) is 42.4 Å². The summed E-state index contributed by atoms with van der Waals surface area (Å²) in [6, 6.07) is 0. The molecule has 0 radical (unpaired) electrons. The Morgan fingerprint density at radius 3 is 2.50 bits per heavy atom. The molecule has 0 saturated carbocycles. The van der Waals surface area contributed by atoms with Gasteiger partial charge in [-0.25, -0.2) is 0 Å². The minimum Gasteiger partial charge on any atom is -0.481 e. The lowest BCUT2D eigenvalue weighted by Crippen LogP contribution is -2.46. The third kappa shape index (κ3) is 4.04. The number of aliphatic carboxylic acids is 1. The Kier molecular flexibility index (Phi) is 5.14. The van der Waals surface area contributed by atoms with Gasteiger partial charge in [-0.3, -0.25) is 9.59 Å². The molecule has 0 aromatic carbocycles. The van der Waals surface area contributed by atoms with Gasteiger partial charge in [0.2, 0.25) is 5.91 Å². The molecule has 7 heteroatoms. The second-order valence-corrected chi connectivity index (χ2v) is 5.86. The molecule has 120 valence electrons. The van der Waals surface area contributed by atoms with E-state index in [-0.39, 0.29) is 18.9 Å². The smallest absolute Gasteiger partial charge is 0.311 e.